The van der Waals surface area contributed by atoms with E-state index in [1.165, 1.54) is 10.1 Å². The number of rotatable bonds is 3. The molecular weight excluding hydrogens is 182 g/mol. The van der Waals surface area contributed by atoms with Gasteiger partial charge in [0.1, 0.15) is 5.82 Å². The molecule has 0 aliphatic rings. The van der Waals surface area contributed by atoms with Crippen molar-refractivity contribution >= 4 is 27.2 Å². The molecule has 0 saturated carbocycles. The molecular formula is C9H11N3S. The van der Waals surface area contributed by atoms with Crippen LogP contribution in [0.1, 0.15) is 0 Å². The van der Waals surface area contributed by atoms with Gasteiger partial charge in [-0.2, -0.15) is 0 Å². The van der Waals surface area contributed by atoms with Crippen LogP contribution >= 0.6 is 11.3 Å². The second-order valence-corrected chi connectivity index (χ2v) is 3.66. The summed E-state index contributed by atoms with van der Waals surface area (Å²) in [6.07, 6.45) is 1.82. The van der Waals surface area contributed by atoms with E-state index in [-0.39, 0.29) is 0 Å². The SMILES string of the molecule is NCCNc1nccc2sccc12. The molecule has 4 heteroatoms. The summed E-state index contributed by atoms with van der Waals surface area (Å²) in [7, 11) is 0. The highest BCUT2D eigenvalue weighted by atomic mass is 32.1. The van der Waals surface area contributed by atoms with Gasteiger partial charge < -0.3 is 11.1 Å². The van der Waals surface area contributed by atoms with Crippen molar-refractivity contribution < 1.29 is 0 Å². The zero-order valence-corrected chi connectivity index (χ0v) is 7.97. The zero-order valence-electron chi connectivity index (χ0n) is 7.16. The van der Waals surface area contributed by atoms with E-state index >= 15 is 0 Å². The lowest BCUT2D eigenvalue weighted by atomic mass is 10.3. The minimum absolute atomic E-state index is 0.627. The highest BCUT2D eigenvalue weighted by Crippen LogP contribution is 2.25. The standard InChI is InChI=1S/C9H11N3S/c10-3-5-12-9-7-2-6-13-8(7)1-4-11-9/h1-2,4,6H,3,5,10H2,(H,11,12). The smallest absolute Gasteiger partial charge is 0.134 e. The number of nitrogens with one attached hydrogen (secondary N) is 1. The van der Waals surface area contributed by atoms with Crippen molar-refractivity contribution in [1.29, 1.82) is 0 Å². The average Bonchev–Trinajstić information content (AvgIpc) is 2.62. The fourth-order valence-corrected chi connectivity index (χ4v) is 2.01. The maximum Gasteiger partial charge on any atom is 0.134 e. The molecule has 2 aromatic heterocycles. The van der Waals surface area contributed by atoms with Crippen molar-refractivity contribution in [3.05, 3.63) is 23.7 Å². The molecule has 2 rings (SSSR count). The van der Waals surface area contributed by atoms with Gasteiger partial charge in [0.15, 0.2) is 0 Å². The number of hydrogen-bond donors (Lipinski definition) is 2. The first-order valence-corrected chi connectivity index (χ1v) is 5.06. The number of pyridine rings is 1. The molecule has 0 atom stereocenters. The second-order valence-electron chi connectivity index (χ2n) is 2.71. The summed E-state index contributed by atoms with van der Waals surface area (Å²) in [5, 5.41) is 6.44. The van der Waals surface area contributed by atoms with Gasteiger partial charge in [-0.1, -0.05) is 0 Å². The molecule has 0 radical (unpaired) electrons. The van der Waals surface area contributed by atoms with Crippen LogP contribution in [0.15, 0.2) is 23.7 Å². The fourth-order valence-electron chi connectivity index (χ4n) is 1.23. The largest absolute Gasteiger partial charge is 0.368 e. The summed E-state index contributed by atoms with van der Waals surface area (Å²) in [5.74, 6) is 0.934. The molecule has 0 unspecified atom stereocenters. The number of nitrogens with zero attached hydrogens (tertiary/aromatic N) is 1. The Morgan fingerprint density at radius 2 is 2.38 bits per heavy atom. The van der Waals surface area contributed by atoms with Gasteiger partial charge in [-0.05, 0) is 17.5 Å². The molecule has 3 N–H and O–H groups in total. The van der Waals surface area contributed by atoms with E-state index in [4.69, 9.17) is 5.73 Å². The maximum atomic E-state index is 5.41. The monoisotopic (exact) mass is 193 g/mol. The van der Waals surface area contributed by atoms with Crippen molar-refractivity contribution in [2.24, 2.45) is 5.73 Å². The molecule has 68 valence electrons. The van der Waals surface area contributed by atoms with Gasteiger partial charge in [0, 0.05) is 29.4 Å². The van der Waals surface area contributed by atoms with Crippen LogP contribution in [-0.2, 0) is 0 Å². The molecule has 0 aromatic carbocycles. The second kappa shape index (κ2) is 3.72. The van der Waals surface area contributed by atoms with Crippen LogP contribution in [0, 0.1) is 0 Å². The Hall–Kier alpha value is -1.13. The maximum absolute atomic E-state index is 5.41. The first-order valence-electron chi connectivity index (χ1n) is 4.18. The summed E-state index contributed by atoms with van der Waals surface area (Å²) < 4.78 is 1.26. The van der Waals surface area contributed by atoms with Gasteiger partial charge in [-0.3, -0.25) is 0 Å². The Bertz CT molecular complexity index is 396. The molecule has 0 amide bonds. The van der Waals surface area contributed by atoms with Crippen molar-refractivity contribution in [1.82, 2.24) is 4.98 Å². The summed E-state index contributed by atoms with van der Waals surface area (Å²) in [6.45, 7) is 1.39. The Labute approximate surface area is 80.6 Å². The van der Waals surface area contributed by atoms with Gasteiger partial charge in [-0.15, -0.1) is 11.3 Å². The number of aromatic nitrogens is 1. The number of fused-ring (bicyclic) bond motifs is 1. The van der Waals surface area contributed by atoms with Gasteiger partial charge in [0.2, 0.25) is 0 Å². The molecule has 13 heavy (non-hydrogen) atoms. The quantitative estimate of drug-likeness (QED) is 0.779. The van der Waals surface area contributed by atoms with Crippen molar-refractivity contribution in [3.8, 4) is 0 Å². The third kappa shape index (κ3) is 1.64. The third-order valence-corrected chi connectivity index (χ3v) is 2.70. The Morgan fingerprint density at radius 3 is 3.23 bits per heavy atom. The number of anilines is 1. The number of nitrogens with two attached hydrogens (primary N) is 1. The number of thiophene rings is 1. The molecule has 0 aliphatic heterocycles. The van der Waals surface area contributed by atoms with Crippen LogP contribution in [0.4, 0.5) is 5.82 Å². The van der Waals surface area contributed by atoms with Crippen LogP contribution in [0.3, 0.4) is 0 Å². The van der Waals surface area contributed by atoms with Crippen LogP contribution in [0.5, 0.6) is 0 Å². The molecule has 3 nitrogen and oxygen atoms in total. The molecule has 0 saturated heterocycles. The van der Waals surface area contributed by atoms with E-state index in [2.05, 4.69) is 21.7 Å². The highest BCUT2D eigenvalue weighted by Gasteiger charge is 2.00. The van der Waals surface area contributed by atoms with Crippen molar-refractivity contribution in [3.63, 3.8) is 0 Å². The predicted molar refractivity (Wildman–Crippen MR) is 57.2 cm³/mol. The van der Waals surface area contributed by atoms with Gasteiger partial charge in [-0.25, -0.2) is 4.98 Å². The lowest BCUT2D eigenvalue weighted by Crippen LogP contribution is -2.13. The predicted octanol–water partition coefficient (Wildman–Crippen LogP) is 1.67. The van der Waals surface area contributed by atoms with Crippen molar-refractivity contribution in [2.75, 3.05) is 18.4 Å². The highest BCUT2D eigenvalue weighted by molar-refractivity contribution is 7.17. The topological polar surface area (TPSA) is 50.9 Å². The van der Waals surface area contributed by atoms with Crippen molar-refractivity contribution in [2.45, 2.75) is 0 Å². The van der Waals surface area contributed by atoms with Gasteiger partial charge in [0.25, 0.3) is 0 Å². The normalized spacial score (nSPS) is 10.5. The lowest BCUT2D eigenvalue weighted by Gasteiger charge is -2.03. The Balaban J connectivity index is 2.37. The van der Waals surface area contributed by atoms with E-state index in [9.17, 15) is 0 Å². The van der Waals surface area contributed by atoms with Crippen LogP contribution in [0.25, 0.3) is 10.1 Å². The molecule has 2 aromatic rings. The van der Waals surface area contributed by atoms with E-state index < -0.39 is 0 Å². The minimum Gasteiger partial charge on any atom is -0.368 e. The van der Waals surface area contributed by atoms with Crippen LogP contribution in [-0.4, -0.2) is 18.1 Å². The summed E-state index contributed by atoms with van der Waals surface area (Å²) in [4.78, 5) is 4.26. The van der Waals surface area contributed by atoms with E-state index in [0.29, 0.717) is 6.54 Å². The Kier molecular flexibility index (Phi) is 2.42. The molecule has 0 spiro atoms. The van der Waals surface area contributed by atoms with E-state index in [1.54, 1.807) is 11.3 Å². The molecule has 0 fully saturated rings. The summed E-state index contributed by atoms with van der Waals surface area (Å²) in [6, 6.07) is 4.10. The van der Waals surface area contributed by atoms with E-state index in [0.717, 1.165) is 12.4 Å². The van der Waals surface area contributed by atoms with E-state index in [1.807, 2.05) is 12.3 Å². The first kappa shape index (κ1) is 8.47. The Morgan fingerprint density at radius 1 is 1.46 bits per heavy atom. The third-order valence-electron chi connectivity index (χ3n) is 1.82. The fraction of sp³-hybridized carbons (Fsp3) is 0.222. The molecule has 0 aliphatic carbocycles. The zero-order chi connectivity index (χ0) is 9.10. The van der Waals surface area contributed by atoms with Crippen LogP contribution in [0.2, 0.25) is 0 Å². The molecule has 2 heterocycles. The number of hydrogen-bond acceptors (Lipinski definition) is 4. The summed E-state index contributed by atoms with van der Waals surface area (Å²) in [5.41, 5.74) is 5.41. The van der Waals surface area contributed by atoms with Gasteiger partial charge >= 0.3 is 0 Å². The lowest BCUT2D eigenvalue weighted by molar-refractivity contribution is 1.02. The molecule has 0 bridgehead atoms. The average molecular weight is 193 g/mol. The van der Waals surface area contributed by atoms with Crippen LogP contribution < -0.4 is 11.1 Å². The summed E-state index contributed by atoms with van der Waals surface area (Å²) >= 11 is 1.72. The van der Waals surface area contributed by atoms with Gasteiger partial charge in [0.05, 0.1) is 0 Å². The first-order chi connectivity index (χ1) is 6.42. The minimum atomic E-state index is 0.627.